The van der Waals surface area contributed by atoms with Crippen molar-refractivity contribution in [2.45, 2.75) is 39.3 Å². The fourth-order valence-corrected chi connectivity index (χ4v) is 1.49. The Kier molecular flexibility index (Phi) is 6.20. The van der Waals surface area contributed by atoms with Gasteiger partial charge in [0, 0.05) is 17.7 Å². The summed E-state index contributed by atoms with van der Waals surface area (Å²) in [5.74, 6) is -1.39. The van der Waals surface area contributed by atoms with Gasteiger partial charge in [0.05, 0.1) is 6.10 Å². The van der Waals surface area contributed by atoms with Gasteiger partial charge >= 0.3 is 0 Å². The van der Waals surface area contributed by atoms with Crippen molar-refractivity contribution in [2.75, 3.05) is 0 Å². The lowest BCUT2D eigenvalue weighted by atomic mass is 9.83. The Balaban J connectivity index is 0.00000289. The summed E-state index contributed by atoms with van der Waals surface area (Å²) in [6.07, 6.45) is -0.767. The van der Waals surface area contributed by atoms with Crippen LogP contribution in [0.15, 0.2) is 18.2 Å². The zero-order valence-electron chi connectivity index (χ0n) is 10.8. The zero-order chi connectivity index (χ0) is 13.2. The molecule has 3 N–H and O–H groups in total. The first-order valence-electron chi connectivity index (χ1n) is 5.60. The van der Waals surface area contributed by atoms with E-state index in [4.69, 9.17) is 5.73 Å². The monoisotopic (exact) mass is 279 g/mol. The summed E-state index contributed by atoms with van der Waals surface area (Å²) < 4.78 is 26.1. The van der Waals surface area contributed by atoms with Gasteiger partial charge in [-0.05, 0) is 17.9 Å². The number of rotatable bonds is 3. The first-order valence-corrected chi connectivity index (χ1v) is 5.60. The van der Waals surface area contributed by atoms with Crippen molar-refractivity contribution in [2.24, 2.45) is 11.1 Å². The Morgan fingerprint density at radius 2 is 1.83 bits per heavy atom. The van der Waals surface area contributed by atoms with Crippen LogP contribution in [0.1, 0.15) is 38.9 Å². The third-order valence-electron chi connectivity index (χ3n) is 2.91. The van der Waals surface area contributed by atoms with E-state index < -0.39 is 17.7 Å². The molecule has 0 radical (unpaired) electrons. The normalized spacial score (nSPS) is 14.8. The van der Waals surface area contributed by atoms with Gasteiger partial charge in [0.25, 0.3) is 0 Å². The molecule has 0 unspecified atom stereocenters. The van der Waals surface area contributed by atoms with Crippen molar-refractivity contribution < 1.29 is 13.9 Å². The van der Waals surface area contributed by atoms with Gasteiger partial charge in [-0.1, -0.05) is 26.8 Å². The molecule has 0 heterocycles. The van der Waals surface area contributed by atoms with Crippen LogP contribution in [0, 0.1) is 17.0 Å². The van der Waals surface area contributed by atoms with Crippen LogP contribution in [0.4, 0.5) is 8.78 Å². The van der Waals surface area contributed by atoms with Crippen LogP contribution in [0.5, 0.6) is 0 Å². The van der Waals surface area contributed by atoms with E-state index in [0.29, 0.717) is 0 Å². The molecule has 1 aromatic rings. The van der Waals surface area contributed by atoms with Crippen molar-refractivity contribution in [1.29, 1.82) is 0 Å². The summed E-state index contributed by atoms with van der Waals surface area (Å²) in [6, 6.07) is 2.89. The minimum atomic E-state index is -1.01. The molecule has 0 fully saturated rings. The number of aliphatic hydroxyl groups is 1. The summed E-state index contributed by atoms with van der Waals surface area (Å²) in [6.45, 7) is 5.85. The van der Waals surface area contributed by atoms with Gasteiger partial charge in [0.2, 0.25) is 0 Å². The molecule has 2 nitrogen and oxygen atoms in total. The minimum Gasteiger partial charge on any atom is -0.388 e. The molecular weight excluding hydrogens is 260 g/mol. The summed E-state index contributed by atoms with van der Waals surface area (Å²) in [7, 11) is 0. The average Bonchev–Trinajstić information content (AvgIpc) is 2.15. The Morgan fingerprint density at radius 1 is 1.28 bits per heavy atom. The van der Waals surface area contributed by atoms with Gasteiger partial charge in [-0.15, -0.1) is 12.4 Å². The number of aliphatic hydroxyl groups excluding tert-OH is 1. The zero-order valence-corrected chi connectivity index (χ0v) is 11.6. The number of hydrogen-bond acceptors (Lipinski definition) is 2. The number of hydrogen-bond donors (Lipinski definition) is 2. The second-order valence-electron chi connectivity index (χ2n) is 5.39. The van der Waals surface area contributed by atoms with Crippen LogP contribution in [0.2, 0.25) is 0 Å². The molecule has 2 atom stereocenters. The van der Waals surface area contributed by atoms with Gasteiger partial charge < -0.3 is 10.8 Å². The molecule has 0 saturated carbocycles. The van der Waals surface area contributed by atoms with Gasteiger partial charge in [-0.25, -0.2) is 8.78 Å². The predicted molar refractivity (Wildman–Crippen MR) is 70.6 cm³/mol. The average molecular weight is 280 g/mol. The van der Waals surface area contributed by atoms with Crippen molar-refractivity contribution in [3.8, 4) is 0 Å². The van der Waals surface area contributed by atoms with Crippen LogP contribution >= 0.6 is 12.4 Å². The standard InChI is InChI=1S/C13H19F2NO.ClH/c1-13(2,3)12(16)7-11(17)9-5-4-8(14)6-10(9)15;/h4-6,11-12,17H,7,16H2,1-3H3;1H/t11-,12-;/m1./s1. The number of nitrogens with two attached hydrogens (primary N) is 1. The molecule has 0 spiro atoms. The molecule has 18 heavy (non-hydrogen) atoms. The third-order valence-corrected chi connectivity index (χ3v) is 2.91. The van der Waals surface area contributed by atoms with Crippen LogP contribution < -0.4 is 5.73 Å². The number of halogens is 3. The molecule has 1 rings (SSSR count). The smallest absolute Gasteiger partial charge is 0.131 e. The van der Waals surface area contributed by atoms with E-state index in [0.717, 1.165) is 12.1 Å². The van der Waals surface area contributed by atoms with Crippen LogP contribution in [-0.2, 0) is 0 Å². The maximum Gasteiger partial charge on any atom is 0.131 e. The van der Waals surface area contributed by atoms with Crippen LogP contribution in [0.25, 0.3) is 0 Å². The topological polar surface area (TPSA) is 46.2 Å². The maximum atomic E-state index is 13.4. The number of benzene rings is 1. The minimum absolute atomic E-state index is 0. The summed E-state index contributed by atoms with van der Waals surface area (Å²) >= 11 is 0. The Morgan fingerprint density at radius 3 is 2.28 bits per heavy atom. The second kappa shape index (κ2) is 6.45. The van der Waals surface area contributed by atoms with Crippen LogP contribution in [0.3, 0.4) is 0 Å². The highest BCUT2D eigenvalue weighted by Gasteiger charge is 2.25. The predicted octanol–water partition coefficient (Wildman–Crippen LogP) is 3.18. The van der Waals surface area contributed by atoms with E-state index in [-0.39, 0.29) is 35.8 Å². The molecule has 0 aliphatic rings. The van der Waals surface area contributed by atoms with E-state index in [2.05, 4.69) is 0 Å². The van der Waals surface area contributed by atoms with Crippen LogP contribution in [-0.4, -0.2) is 11.1 Å². The van der Waals surface area contributed by atoms with Gasteiger partial charge in [-0.3, -0.25) is 0 Å². The molecule has 0 amide bonds. The van der Waals surface area contributed by atoms with E-state index >= 15 is 0 Å². The molecule has 0 aromatic heterocycles. The lowest BCUT2D eigenvalue weighted by Crippen LogP contribution is -2.36. The quantitative estimate of drug-likeness (QED) is 0.893. The summed E-state index contributed by atoms with van der Waals surface area (Å²) in [5.41, 5.74) is 5.83. The van der Waals surface area contributed by atoms with Crippen molar-refractivity contribution >= 4 is 12.4 Å². The molecule has 104 valence electrons. The van der Waals surface area contributed by atoms with Gasteiger partial charge in [-0.2, -0.15) is 0 Å². The molecule has 5 heteroatoms. The highest BCUT2D eigenvalue weighted by Crippen LogP contribution is 2.28. The molecule has 0 aliphatic heterocycles. The summed E-state index contributed by atoms with van der Waals surface area (Å²) in [5, 5.41) is 9.88. The Bertz CT molecular complexity index is 393. The third kappa shape index (κ3) is 4.52. The lowest BCUT2D eigenvalue weighted by molar-refractivity contribution is 0.130. The molecule has 0 aliphatic carbocycles. The van der Waals surface area contributed by atoms with Crippen molar-refractivity contribution in [1.82, 2.24) is 0 Å². The molecule has 0 saturated heterocycles. The summed E-state index contributed by atoms with van der Waals surface area (Å²) in [4.78, 5) is 0. The molecule has 1 aromatic carbocycles. The van der Waals surface area contributed by atoms with Crippen molar-refractivity contribution in [3.05, 3.63) is 35.4 Å². The van der Waals surface area contributed by atoms with E-state index in [1.807, 2.05) is 20.8 Å². The highest BCUT2D eigenvalue weighted by atomic mass is 35.5. The SMILES string of the molecule is CC(C)(C)[C@H](N)C[C@@H](O)c1ccc(F)cc1F.Cl. The van der Waals surface area contributed by atoms with Crippen molar-refractivity contribution in [3.63, 3.8) is 0 Å². The molecule has 0 bridgehead atoms. The Labute approximate surface area is 113 Å². The van der Waals surface area contributed by atoms with E-state index in [1.165, 1.54) is 6.07 Å². The largest absolute Gasteiger partial charge is 0.388 e. The first kappa shape index (κ1) is 17.3. The fraction of sp³-hybridized carbons (Fsp3) is 0.538. The first-order chi connectivity index (χ1) is 7.71. The second-order valence-corrected chi connectivity index (χ2v) is 5.39. The van der Waals surface area contributed by atoms with Gasteiger partial charge in [0.15, 0.2) is 0 Å². The Hall–Kier alpha value is -0.710. The highest BCUT2D eigenvalue weighted by molar-refractivity contribution is 5.85. The lowest BCUT2D eigenvalue weighted by Gasteiger charge is -2.29. The van der Waals surface area contributed by atoms with E-state index in [9.17, 15) is 13.9 Å². The maximum absolute atomic E-state index is 13.4. The molecular formula is C13H20ClF2NO. The fourth-order valence-electron chi connectivity index (χ4n) is 1.49. The van der Waals surface area contributed by atoms with Gasteiger partial charge in [0.1, 0.15) is 11.6 Å². The van der Waals surface area contributed by atoms with E-state index in [1.54, 1.807) is 0 Å².